The SMILES string of the molecule is Cc1ccc(C2=NN(c3ccccc3)C(=O)C23N=C(SN(NC(=O)OC(C)C)C(=O)OC(C)C)N(C(=O)OC(C)C)N3C(=O)OC(C)C)cc1. The highest BCUT2D eigenvalue weighted by molar-refractivity contribution is 8.12. The van der Waals surface area contributed by atoms with E-state index < -0.39 is 65.5 Å². The maximum absolute atomic E-state index is 14.9. The number of hydrazone groups is 1. The zero-order valence-corrected chi connectivity index (χ0v) is 30.1. The number of aryl methyl sites for hydroxylation is 1. The molecule has 2 aromatic carbocycles. The smallest absolute Gasteiger partial charge is 0.440 e. The fraction of sp³-hybridized carbons (Fsp3) is 0.424. The van der Waals surface area contributed by atoms with E-state index in [4.69, 9.17) is 23.9 Å². The zero-order chi connectivity index (χ0) is 36.9. The van der Waals surface area contributed by atoms with E-state index in [0.29, 0.717) is 37.6 Å². The van der Waals surface area contributed by atoms with Crippen molar-refractivity contribution >= 4 is 58.8 Å². The molecule has 0 saturated carbocycles. The zero-order valence-electron chi connectivity index (χ0n) is 29.3. The summed E-state index contributed by atoms with van der Waals surface area (Å²) < 4.78 is 22.2. The summed E-state index contributed by atoms with van der Waals surface area (Å²) in [4.78, 5) is 73.8. The highest BCUT2D eigenvalue weighted by atomic mass is 32.2. The van der Waals surface area contributed by atoms with Crippen molar-refractivity contribution in [2.75, 3.05) is 5.01 Å². The second-order valence-corrected chi connectivity index (χ2v) is 13.1. The summed E-state index contributed by atoms with van der Waals surface area (Å²) in [5.41, 5.74) is 1.43. The molecule has 2 aliphatic rings. The van der Waals surface area contributed by atoms with Crippen LogP contribution < -0.4 is 10.4 Å². The molecular formula is C33H41N7O9S. The standard InChI is InChI=1S/C33H41N7O9S/c1-19(2)46-29(42)36-40(32(45)49-22(7)8)50-28-34-33(39(31(44)48-21(5)6)38(28)30(43)47-20(3)4)26(24-17-15-23(9)16-18-24)35-37(27(33)41)25-13-11-10-12-14-25/h10-22H,1-9H3,(H,36,42). The first-order valence-corrected chi connectivity index (χ1v) is 16.7. The van der Waals surface area contributed by atoms with Gasteiger partial charge in [-0.1, -0.05) is 48.0 Å². The Morgan fingerprint density at radius 3 is 1.90 bits per heavy atom. The number of carbonyl (C=O) groups is 5. The van der Waals surface area contributed by atoms with Crippen molar-refractivity contribution in [3.05, 3.63) is 65.7 Å². The van der Waals surface area contributed by atoms with Crippen LogP contribution in [0.1, 0.15) is 66.5 Å². The number of para-hydroxylation sites is 1. The number of hydrogen-bond donors (Lipinski definition) is 1. The van der Waals surface area contributed by atoms with Gasteiger partial charge in [-0.25, -0.2) is 29.6 Å². The predicted molar refractivity (Wildman–Crippen MR) is 185 cm³/mol. The Morgan fingerprint density at radius 1 is 0.780 bits per heavy atom. The Morgan fingerprint density at radius 2 is 1.34 bits per heavy atom. The number of carbonyl (C=O) groups excluding carboxylic acids is 5. The quantitative estimate of drug-likeness (QED) is 0.214. The van der Waals surface area contributed by atoms with Crippen molar-refractivity contribution in [2.45, 2.75) is 92.4 Å². The number of rotatable bonds is 6. The van der Waals surface area contributed by atoms with E-state index >= 15 is 0 Å². The molecule has 1 N–H and O–H groups in total. The van der Waals surface area contributed by atoms with Crippen molar-refractivity contribution in [3.8, 4) is 0 Å². The van der Waals surface area contributed by atoms with Gasteiger partial charge in [-0.15, -0.1) is 4.41 Å². The number of amides is 5. The van der Waals surface area contributed by atoms with E-state index in [9.17, 15) is 24.0 Å². The highest BCUT2D eigenvalue weighted by Gasteiger charge is 2.67. The molecule has 0 bridgehead atoms. The fourth-order valence-corrected chi connectivity index (χ4v) is 5.44. The molecule has 50 heavy (non-hydrogen) atoms. The van der Waals surface area contributed by atoms with E-state index in [1.807, 2.05) is 6.92 Å². The number of hydrogen-bond acceptors (Lipinski definition) is 12. The van der Waals surface area contributed by atoms with E-state index in [2.05, 4.69) is 10.5 Å². The molecule has 0 radical (unpaired) electrons. The number of hydrazine groups is 2. The summed E-state index contributed by atoms with van der Waals surface area (Å²) in [5, 5.41) is 6.67. The lowest BCUT2D eigenvalue weighted by Crippen LogP contribution is -2.64. The maximum atomic E-state index is 14.9. The Bertz CT molecular complexity index is 1670. The van der Waals surface area contributed by atoms with Crippen LogP contribution in [0.25, 0.3) is 0 Å². The van der Waals surface area contributed by atoms with Crippen LogP contribution in [-0.2, 0) is 23.7 Å². The van der Waals surface area contributed by atoms with Crippen molar-refractivity contribution < 1.29 is 42.9 Å². The fourth-order valence-electron chi connectivity index (χ4n) is 4.63. The number of ether oxygens (including phenoxy) is 4. The van der Waals surface area contributed by atoms with Crippen LogP contribution in [0.15, 0.2) is 64.7 Å². The summed E-state index contributed by atoms with van der Waals surface area (Å²) in [6, 6.07) is 15.4. The van der Waals surface area contributed by atoms with Crippen LogP contribution in [0.3, 0.4) is 0 Å². The second-order valence-electron chi connectivity index (χ2n) is 12.2. The molecule has 2 aliphatic heterocycles. The average molecular weight is 712 g/mol. The van der Waals surface area contributed by atoms with Gasteiger partial charge in [0, 0.05) is 5.56 Å². The molecule has 17 heteroatoms. The van der Waals surface area contributed by atoms with E-state index in [1.165, 1.54) is 0 Å². The molecule has 2 aromatic rings. The number of anilines is 1. The van der Waals surface area contributed by atoms with Crippen molar-refractivity contribution in [1.29, 1.82) is 0 Å². The topological polar surface area (TPSA) is 172 Å². The van der Waals surface area contributed by atoms with Crippen LogP contribution in [-0.4, -0.2) is 85.7 Å². The largest absolute Gasteiger partial charge is 0.446 e. The molecule has 2 heterocycles. The van der Waals surface area contributed by atoms with Crippen molar-refractivity contribution in [1.82, 2.24) is 19.9 Å². The molecule has 0 aromatic heterocycles. The Kier molecular flexibility index (Phi) is 11.6. The van der Waals surface area contributed by atoms with Crippen LogP contribution in [0.2, 0.25) is 0 Å². The van der Waals surface area contributed by atoms with Gasteiger partial charge in [0.1, 0.15) is 5.71 Å². The van der Waals surface area contributed by atoms with Gasteiger partial charge >= 0.3 is 30.3 Å². The number of aliphatic imine (C=N–C) groups is 1. The monoisotopic (exact) mass is 711 g/mol. The molecule has 1 spiro atoms. The molecule has 5 amide bonds. The lowest BCUT2D eigenvalue weighted by atomic mass is 9.96. The van der Waals surface area contributed by atoms with Crippen LogP contribution in [0.5, 0.6) is 0 Å². The van der Waals surface area contributed by atoms with Gasteiger partial charge in [0.25, 0.3) is 5.66 Å². The first kappa shape index (κ1) is 37.5. The summed E-state index contributed by atoms with van der Waals surface area (Å²) in [6.07, 6.45) is -7.07. The summed E-state index contributed by atoms with van der Waals surface area (Å²) in [5.74, 6) is -0.860. The summed E-state index contributed by atoms with van der Waals surface area (Å²) >= 11 is 0.368. The number of benzene rings is 2. The lowest BCUT2D eigenvalue weighted by Gasteiger charge is -2.35. The summed E-state index contributed by atoms with van der Waals surface area (Å²) in [7, 11) is 0. The third kappa shape index (κ3) is 8.10. The van der Waals surface area contributed by atoms with Crippen LogP contribution in [0.4, 0.5) is 24.9 Å². The Labute approximate surface area is 294 Å². The minimum atomic E-state index is -2.42. The molecule has 4 rings (SSSR count). The number of nitrogens with one attached hydrogen (secondary N) is 1. The molecule has 268 valence electrons. The van der Waals surface area contributed by atoms with Gasteiger partial charge in [0.15, 0.2) is 0 Å². The number of amidine groups is 1. The van der Waals surface area contributed by atoms with Crippen molar-refractivity contribution in [2.24, 2.45) is 10.1 Å². The third-order valence-corrected chi connectivity index (χ3v) is 7.37. The van der Waals surface area contributed by atoms with Gasteiger partial charge in [-0.05, 0) is 74.4 Å². The molecule has 1 unspecified atom stereocenters. The maximum Gasteiger partial charge on any atom is 0.440 e. The van der Waals surface area contributed by atoms with E-state index in [1.54, 1.807) is 110 Å². The Hall–Kier alpha value is -5.32. The van der Waals surface area contributed by atoms with Crippen LogP contribution >= 0.6 is 11.9 Å². The van der Waals surface area contributed by atoms with E-state index in [-0.39, 0.29) is 5.71 Å². The van der Waals surface area contributed by atoms with Crippen molar-refractivity contribution in [3.63, 3.8) is 0 Å². The first-order valence-electron chi connectivity index (χ1n) is 15.9. The second kappa shape index (κ2) is 15.5. The molecule has 1 atom stereocenters. The summed E-state index contributed by atoms with van der Waals surface area (Å²) in [6.45, 7) is 14.6. The molecular weight excluding hydrogens is 670 g/mol. The van der Waals surface area contributed by atoms with Gasteiger partial charge in [-0.2, -0.15) is 20.1 Å². The average Bonchev–Trinajstić information content (AvgIpc) is 3.50. The minimum Gasteiger partial charge on any atom is -0.446 e. The first-order chi connectivity index (χ1) is 23.5. The van der Waals surface area contributed by atoms with Crippen LogP contribution in [0, 0.1) is 6.92 Å². The van der Waals surface area contributed by atoms with Gasteiger partial charge in [-0.3, -0.25) is 4.79 Å². The number of nitrogens with zero attached hydrogens (tertiary/aromatic N) is 6. The minimum absolute atomic E-state index is 0.0477. The van der Waals surface area contributed by atoms with Gasteiger partial charge in [0.2, 0.25) is 5.17 Å². The Balaban J connectivity index is 2.00. The van der Waals surface area contributed by atoms with Gasteiger partial charge < -0.3 is 18.9 Å². The normalized spacial score (nSPS) is 17.1. The third-order valence-electron chi connectivity index (χ3n) is 6.52. The van der Waals surface area contributed by atoms with E-state index in [0.717, 1.165) is 10.6 Å². The lowest BCUT2D eigenvalue weighted by molar-refractivity contribution is -0.128. The molecule has 0 saturated heterocycles. The van der Waals surface area contributed by atoms with Gasteiger partial charge in [0.05, 0.1) is 42.1 Å². The highest BCUT2D eigenvalue weighted by Crippen LogP contribution is 2.42. The predicted octanol–water partition coefficient (Wildman–Crippen LogP) is 5.97. The molecule has 16 nitrogen and oxygen atoms in total. The molecule has 0 fully saturated rings. The molecule has 0 aliphatic carbocycles.